The van der Waals surface area contributed by atoms with E-state index in [0.29, 0.717) is 23.8 Å². The normalized spacial score (nSPS) is 18.9. The van der Waals surface area contributed by atoms with E-state index in [1.807, 2.05) is 12.1 Å². The SMILES string of the molecule is CCCCCC1CCC(c2ccc(-c3ccc(OCCC)c(C#N)c3)cc2)CC1. The first-order valence-electron chi connectivity index (χ1n) is 11.5. The zero-order valence-corrected chi connectivity index (χ0v) is 18.1. The number of nitriles is 1. The van der Waals surface area contributed by atoms with Gasteiger partial charge in [0, 0.05) is 0 Å². The van der Waals surface area contributed by atoms with E-state index in [4.69, 9.17) is 4.74 Å². The maximum absolute atomic E-state index is 9.46. The Bertz CT molecular complexity index is 794. The van der Waals surface area contributed by atoms with Gasteiger partial charge in [-0.2, -0.15) is 5.26 Å². The Hall–Kier alpha value is -2.27. The van der Waals surface area contributed by atoms with Crippen molar-refractivity contribution in [2.24, 2.45) is 5.92 Å². The van der Waals surface area contributed by atoms with Crippen molar-refractivity contribution in [1.82, 2.24) is 0 Å². The molecule has 2 heteroatoms. The summed E-state index contributed by atoms with van der Waals surface area (Å²) in [5.74, 6) is 2.35. The molecule has 154 valence electrons. The van der Waals surface area contributed by atoms with Crippen molar-refractivity contribution in [3.63, 3.8) is 0 Å². The molecule has 29 heavy (non-hydrogen) atoms. The number of rotatable bonds is 9. The van der Waals surface area contributed by atoms with Gasteiger partial charge in [-0.1, -0.05) is 69.9 Å². The molecule has 0 heterocycles. The molecule has 1 aliphatic carbocycles. The molecule has 1 saturated carbocycles. The first-order valence-corrected chi connectivity index (χ1v) is 11.5. The summed E-state index contributed by atoms with van der Waals surface area (Å²) in [7, 11) is 0. The van der Waals surface area contributed by atoms with Crippen LogP contribution >= 0.6 is 0 Å². The Morgan fingerprint density at radius 3 is 2.28 bits per heavy atom. The summed E-state index contributed by atoms with van der Waals surface area (Å²) < 4.78 is 5.68. The molecule has 0 radical (unpaired) electrons. The first-order chi connectivity index (χ1) is 14.2. The predicted molar refractivity (Wildman–Crippen MR) is 121 cm³/mol. The number of hydrogen-bond donors (Lipinski definition) is 0. The number of nitrogens with zero attached hydrogens (tertiary/aromatic N) is 1. The number of benzene rings is 2. The van der Waals surface area contributed by atoms with Crippen molar-refractivity contribution in [2.75, 3.05) is 6.61 Å². The minimum Gasteiger partial charge on any atom is -0.492 e. The van der Waals surface area contributed by atoms with Crippen LogP contribution < -0.4 is 4.74 Å². The summed E-state index contributed by atoms with van der Waals surface area (Å²) in [6, 6.07) is 17.2. The van der Waals surface area contributed by atoms with Gasteiger partial charge in [-0.3, -0.25) is 0 Å². The van der Waals surface area contributed by atoms with Crippen LogP contribution in [-0.4, -0.2) is 6.61 Å². The summed E-state index contributed by atoms with van der Waals surface area (Å²) in [6.45, 7) is 5.00. The summed E-state index contributed by atoms with van der Waals surface area (Å²) in [5.41, 5.74) is 4.34. The third-order valence-corrected chi connectivity index (χ3v) is 6.34. The third-order valence-electron chi connectivity index (χ3n) is 6.34. The second-order valence-corrected chi connectivity index (χ2v) is 8.51. The van der Waals surface area contributed by atoms with Gasteiger partial charge in [0.1, 0.15) is 11.8 Å². The van der Waals surface area contributed by atoms with Crippen LogP contribution in [0.1, 0.15) is 88.7 Å². The van der Waals surface area contributed by atoms with Gasteiger partial charge >= 0.3 is 0 Å². The van der Waals surface area contributed by atoms with Crippen LogP contribution in [0.3, 0.4) is 0 Å². The minimum absolute atomic E-state index is 0.612. The van der Waals surface area contributed by atoms with Gasteiger partial charge in [0.15, 0.2) is 0 Å². The molecule has 0 atom stereocenters. The number of unbranched alkanes of at least 4 members (excludes halogenated alkanes) is 2. The highest BCUT2D eigenvalue weighted by molar-refractivity contribution is 5.67. The predicted octanol–water partition coefficient (Wildman–Crippen LogP) is 7.87. The largest absolute Gasteiger partial charge is 0.492 e. The lowest BCUT2D eigenvalue weighted by Crippen LogP contribution is -2.13. The fourth-order valence-corrected chi connectivity index (χ4v) is 4.55. The molecule has 0 amide bonds. The smallest absolute Gasteiger partial charge is 0.137 e. The van der Waals surface area contributed by atoms with E-state index in [-0.39, 0.29) is 0 Å². The highest BCUT2D eigenvalue weighted by Crippen LogP contribution is 2.38. The van der Waals surface area contributed by atoms with Gasteiger partial charge in [0.25, 0.3) is 0 Å². The minimum atomic E-state index is 0.612. The molecule has 3 rings (SSSR count). The highest BCUT2D eigenvalue weighted by Gasteiger charge is 2.22. The Morgan fingerprint density at radius 2 is 1.62 bits per heavy atom. The van der Waals surface area contributed by atoms with Gasteiger partial charge in [-0.05, 0) is 72.8 Å². The molecular weight excluding hydrogens is 354 g/mol. The lowest BCUT2D eigenvalue weighted by molar-refractivity contribution is 0.303. The second-order valence-electron chi connectivity index (χ2n) is 8.51. The van der Waals surface area contributed by atoms with Gasteiger partial charge in [-0.15, -0.1) is 0 Å². The molecule has 0 N–H and O–H groups in total. The fourth-order valence-electron chi connectivity index (χ4n) is 4.55. The van der Waals surface area contributed by atoms with Crippen molar-refractivity contribution in [1.29, 1.82) is 5.26 Å². The Morgan fingerprint density at radius 1 is 0.897 bits per heavy atom. The Balaban J connectivity index is 1.61. The van der Waals surface area contributed by atoms with Crippen LogP contribution in [0.25, 0.3) is 11.1 Å². The van der Waals surface area contributed by atoms with E-state index in [2.05, 4.69) is 50.2 Å². The Labute approximate surface area is 176 Å². The van der Waals surface area contributed by atoms with Gasteiger partial charge in [-0.25, -0.2) is 0 Å². The summed E-state index contributed by atoms with van der Waals surface area (Å²) in [6.07, 6.45) is 11.9. The van der Waals surface area contributed by atoms with Crippen molar-refractivity contribution in [3.8, 4) is 22.9 Å². The maximum atomic E-state index is 9.46. The van der Waals surface area contributed by atoms with E-state index < -0.39 is 0 Å². The standard InChI is InChI=1S/C27H35NO/c1-3-5-6-7-21-8-10-22(11-9-21)23-12-14-24(15-13-23)25-16-17-27(29-18-4-2)26(19-25)20-28/h12-17,19,21-22H,3-11,18H2,1-2H3. The van der Waals surface area contributed by atoms with Crippen LogP contribution in [0.15, 0.2) is 42.5 Å². The van der Waals surface area contributed by atoms with Crippen LogP contribution in [0, 0.1) is 17.2 Å². The number of hydrogen-bond acceptors (Lipinski definition) is 2. The second kappa shape index (κ2) is 11.1. The molecule has 0 aromatic heterocycles. The van der Waals surface area contributed by atoms with E-state index in [1.165, 1.54) is 62.5 Å². The average molecular weight is 390 g/mol. The third kappa shape index (κ3) is 5.86. The Kier molecular flexibility index (Phi) is 8.17. The molecule has 0 bridgehead atoms. The van der Waals surface area contributed by atoms with Crippen LogP contribution in [0.2, 0.25) is 0 Å². The van der Waals surface area contributed by atoms with Crippen molar-refractivity contribution in [2.45, 2.75) is 77.6 Å². The molecular formula is C27H35NO. The quantitative estimate of drug-likeness (QED) is 0.409. The lowest BCUT2D eigenvalue weighted by atomic mass is 9.77. The topological polar surface area (TPSA) is 33.0 Å². The maximum Gasteiger partial charge on any atom is 0.137 e. The molecule has 1 fully saturated rings. The molecule has 0 aliphatic heterocycles. The molecule has 2 aromatic carbocycles. The van der Waals surface area contributed by atoms with Crippen molar-refractivity contribution >= 4 is 0 Å². The van der Waals surface area contributed by atoms with E-state index >= 15 is 0 Å². The molecule has 2 nitrogen and oxygen atoms in total. The molecule has 1 aliphatic rings. The zero-order chi connectivity index (χ0) is 20.5. The van der Waals surface area contributed by atoms with E-state index in [1.54, 1.807) is 0 Å². The monoisotopic (exact) mass is 389 g/mol. The number of ether oxygens (including phenoxy) is 1. The van der Waals surface area contributed by atoms with Gasteiger partial charge in [0.2, 0.25) is 0 Å². The summed E-state index contributed by atoms with van der Waals surface area (Å²) >= 11 is 0. The van der Waals surface area contributed by atoms with Gasteiger partial charge in [0.05, 0.1) is 12.2 Å². The van der Waals surface area contributed by atoms with Gasteiger partial charge < -0.3 is 4.74 Å². The lowest BCUT2D eigenvalue weighted by Gasteiger charge is -2.29. The zero-order valence-electron chi connectivity index (χ0n) is 18.1. The first kappa shape index (κ1) is 21.4. The summed E-state index contributed by atoms with van der Waals surface area (Å²) in [5, 5.41) is 9.46. The molecule has 0 saturated heterocycles. The average Bonchev–Trinajstić information content (AvgIpc) is 2.78. The van der Waals surface area contributed by atoms with Crippen LogP contribution in [-0.2, 0) is 0 Å². The fraction of sp³-hybridized carbons (Fsp3) is 0.519. The summed E-state index contributed by atoms with van der Waals surface area (Å²) in [4.78, 5) is 0. The van der Waals surface area contributed by atoms with E-state index in [0.717, 1.165) is 17.9 Å². The van der Waals surface area contributed by atoms with Crippen molar-refractivity contribution < 1.29 is 4.74 Å². The molecule has 2 aromatic rings. The van der Waals surface area contributed by atoms with Crippen molar-refractivity contribution in [3.05, 3.63) is 53.6 Å². The molecule has 0 spiro atoms. The highest BCUT2D eigenvalue weighted by atomic mass is 16.5. The van der Waals surface area contributed by atoms with Crippen LogP contribution in [0.4, 0.5) is 0 Å². The van der Waals surface area contributed by atoms with Crippen LogP contribution in [0.5, 0.6) is 5.75 Å². The van der Waals surface area contributed by atoms with E-state index in [9.17, 15) is 5.26 Å². The molecule has 0 unspecified atom stereocenters.